The summed E-state index contributed by atoms with van der Waals surface area (Å²) in [7, 11) is 1.64. The molecule has 0 aliphatic rings. The van der Waals surface area contributed by atoms with Gasteiger partial charge in [-0.2, -0.15) is 4.98 Å². The van der Waals surface area contributed by atoms with Crippen LogP contribution in [0, 0.1) is 6.92 Å². The highest BCUT2D eigenvalue weighted by Crippen LogP contribution is 1.95. The van der Waals surface area contributed by atoms with E-state index in [0.29, 0.717) is 30.6 Å². The number of hydrazine groups is 1. The molecule has 0 saturated heterocycles. The van der Waals surface area contributed by atoms with Gasteiger partial charge >= 0.3 is 0 Å². The normalized spacial score (nSPS) is 11.5. The van der Waals surface area contributed by atoms with Crippen LogP contribution in [0.4, 0.5) is 0 Å². The highest BCUT2D eigenvalue weighted by molar-refractivity contribution is 5.78. The van der Waals surface area contributed by atoms with Gasteiger partial charge in [0, 0.05) is 20.0 Å². The van der Waals surface area contributed by atoms with Crippen molar-refractivity contribution in [1.82, 2.24) is 20.9 Å². The first kappa shape index (κ1) is 10.5. The molecule has 7 nitrogen and oxygen atoms in total. The van der Waals surface area contributed by atoms with Crippen molar-refractivity contribution >= 4 is 5.96 Å². The maximum Gasteiger partial charge on any atom is 0.228 e. The van der Waals surface area contributed by atoms with Crippen LogP contribution < -0.4 is 16.6 Å². The van der Waals surface area contributed by atoms with Crippen molar-refractivity contribution in [2.75, 3.05) is 13.6 Å². The van der Waals surface area contributed by atoms with Crippen LogP contribution in [0.1, 0.15) is 11.7 Å². The van der Waals surface area contributed by atoms with Gasteiger partial charge in [0.25, 0.3) is 0 Å². The van der Waals surface area contributed by atoms with Gasteiger partial charge in [-0.25, -0.2) is 5.84 Å². The van der Waals surface area contributed by atoms with Crippen molar-refractivity contribution in [3.63, 3.8) is 0 Å². The van der Waals surface area contributed by atoms with E-state index in [1.165, 1.54) is 0 Å². The van der Waals surface area contributed by atoms with E-state index in [1.54, 1.807) is 14.0 Å². The highest BCUT2D eigenvalue weighted by atomic mass is 16.5. The molecule has 7 heteroatoms. The number of aryl methyl sites for hydroxylation is 1. The molecule has 0 fully saturated rings. The molecule has 0 atom stereocenters. The lowest BCUT2D eigenvalue weighted by Crippen LogP contribution is -2.42. The highest BCUT2D eigenvalue weighted by Gasteiger charge is 2.02. The number of nitrogens with two attached hydrogens (primary N) is 1. The molecule has 1 heterocycles. The summed E-state index contributed by atoms with van der Waals surface area (Å²) in [6, 6.07) is 0. The van der Waals surface area contributed by atoms with E-state index >= 15 is 0 Å². The number of aliphatic imine (C=N–C) groups is 1. The maximum atomic E-state index is 5.17. The molecule has 0 saturated carbocycles. The predicted octanol–water partition coefficient (Wildman–Crippen LogP) is -1.04. The lowest BCUT2D eigenvalue weighted by atomic mass is 10.4. The maximum absolute atomic E-state index is 5.17. The van der Waals surface area contributed by atoms with Crippen molar-refractivity contribution in [1.29, 1.82) is 0 Å². The first-order valence-electron chi connectivity index (χ1n) is 4.22. The molecule has 0 aliphatic heterocycles. The van der Waals surface area contributed by atoms with Crippen LogP contribution in [-0.2, 0) is 6.42 Å². The summed E-state index contributed by atoms with van der Waals surface area (Å²) in [5.74, 6) is 6.94. The third-order valence-electron chi connectivity index (χ3n) is 1.56. The fraction of sp³-hybridized carbons (Fsp3) is 0.571. The number of nitrogens with zero attached hydrogens (tertiary/aromatic N) is 3. The summed E-state index contributed by atoms with van der Waals surface area (Å²) < 4.78 is 4.92. The minimum atomic E-state index is 0.529. The zero-order valence-electron chi connectivity index (χ0n) is 8.24. The molecule has 4 N–H and O–H groups in total. The molecule has 78 valence electrons. The van der Waals surface area contributed by atoms with Gasteiger partial charge in [0.15, 0.2) is 5.82 Å². The summed E-state index contributed by atoms with van der Waals surface area (Å²) in [4.78, 5) is 7.90. The Balaban J connectivity index is 2.28. The van der Waals surface area contributed by atoms with Crippen LogP contribution >= 0.6 is 0 Å². The molecular formula is C7H14N6O. The summed E-state index contributed by atoms with van der Waals surface area (Å²) in [6.45, 7) is 2.42. The zero-order valence-corrected chi connectivity index (χ0v) is 8.24. The van der Waals surface area contributed by atoms with E-state index in [2.05, 4.69) is 25.9 Å². The molecule has 0 amide bonds. The minimum absolute atomic E-state index is 0.529. The van der Waals surface area contributed by atoms with E-state index in [-0.39, 0.29) is 0 Å². The lowest BCUT2D eigenvalue weighted by Gasteiger charge is -2.05. The summed E-state index contributed by atoms with van der Waals surface area (Å²) in [6.07, 6.45) is 0.640. The predicted molar refractivity (Wildman–Crippen MR) is 51.4 cm³/mol. The van der Waals surface area contributed by atoms with Crippen molar-refractivity contribution in [3.05, 3.63) is 11.7 Å². The minimum Gasteiger partial charge on any atom is -0.355 e. The third-order valence-corrected chi connectivity index (χ3v) is 1.56. The molecule has 0 unspecified atom stereocenters. The van der Waals surface area contributed by atoms with E-state index < -0.39 is 0 Å². The lowest BCUT2D eigenvalue weighted by molar-refractivity contribution is 0.374. The van der Waals surface area contributed by atoms with Crippen LogP contribution in [0.25, 0.3) is 0 Å². The quantitative estimate of drug-likeness (QED) is 0.248. The Morgan fingerprint density at radius 3 is 2.93 bits per heavy atom. The van der Waals surface area contributed by atoms with E-state index in [9.17, 15) is 0 Å². The van der Waals surface area contributed by atoms with Crippen LogP contribution in [0.2, 0.25) is 0 Å². The van der Waals surface area contributed by atoms with Crippen molar-refractivity contribution in [3.8, 4) is 0 Å². The molecule has 1 aromatic heterocycles. The number of hydrogen-bond acceptors (Lipinski definition) is 5. The largest absolute Gasteiger partial charge is 0.355 e. The van der Waals surface area contributed by atoms with Crippen molar-refractivity contribution in [2.24, 2.45) is 10.8 Å². The van der Waals surface area contributed by atoms with Crippen LogP contribution in [-0.4, -0.2) is 29.7 Å². The second kappa shape index (κ2) is 5.18. The van der Waals surface area contributed by atoms with Gasteiger partial charge in [0.2, 0.25) is 11.9 Å². The fourth-order valence-electron chi connectivity index (χ4n) is 0.924. The number of guanidine groups is 1. The average molecular weight is 198 g/mol. The first-order chi connectivity index (χ1) is 6.76. The second-order valence-electron chi connectivity index (χ2n) is 2.63. The van der Waals surface area contributed by atoms with E-state index in [4.69, 9.17) is 10.4 Å². The summed E-state index contributed by atoms with van der Waals surface area (Å²) >= 11 is 0. The zero-order chi connectivity index (χ0) is 10.4. The molecule has 0 spiro atoms. The smallest absolute Gasteiger partial charge is 0.228 e. The Labute approximate surface area is 81.7 Å². The number of aromatic nitrogens is 2. The first-order valence-corrected chi connectivity index (χ1v) is 4.22. The molecule has 1 aromatic rings. The Hall–Kier alpha value is -1.63. The Bertz CT molecular complexity index is 307. The topological polar surface area (TPSA) is 101 Å². The van der Waals surface area contributed by atoms with Gasteiger partial charge in [-0.15, -0.1) is 0 Å². The van der Waals surface area contributed by atoms with Crippen molar-refractivity contribution < 1.29 is 4.52 Å². The van der Waals surface area contributed by atoms with Crippen LogP contribution in [0.15, 0.2) is 9.52 Å². The molecular weight excluding hydrogens is 184 g/mol. The summed E-state index contributed by atoms with van der Waals surface area (Å²) in [5.41, 5.74) is 2.42. The number of rotatable bonds is 3. The standard InChI is InChI=1S/C7H14N6O/c1-5-11-6(14-13-5)3-4-10-7(9-2)12-8/h3-4,8H2,1-2H3,(H2,9,10,12). The van der Waals surface area contributed by atoms with Gasteiger partial charge in [-0.1, -0.05) is 5.16 Å². The SMILES string of the molecule is CN=C(NN)NCCc1nc(C)no1. The van der Waals surface area contributed by atoms with Crippen molar-refractivity contribution in [2.45, 2.75) is 13.3 Å². The monoisotopic (exact) mass is 198 g/mol. The third kappa shape index (κ3) is 3.02. The molecule has 0 aliphatic carbocycles. The van der Waals surface area contributed by atoms with Crippen LogP contribution in [0.5, 0.6) is 0 Å². The van der Waals surface area contributed by atoms with Gasteiger partial charge in [-0.05, 0) is 6.92 Å². The Morgan fingerprint density at radius 1 is 1.64 bits per heavy atom. The van der Waals surface area contributed by atoms with Crippen LogP contribution in [0.3, 0.4) is 0 Å². The Kier molecular flexibility index (Phi) is 3.86. The average Bonchev–Trinajstić information content (AvgIpc) is 2.59. The molecule has 0 radical (unpaired) electrons. The van der Waals surface area contributed by atoms with Gasteiger partial charge < -0.3 is 9.84 Å². The number of nitrogens with one attached hydrogen (secondary N) is 2. The molecule has 0 bridgehead atoms. The van der Waals surface area contributed by atoms with E-state index in [1.807, 2.05) is 0 Å². The number of hydrogen-bond donors (Lipinski definition) is 3. The van der Waals surface area contributed by atoms with E-state index in [0.717, 1.165) is 0 Å². The second-order valence-corrected chi connectivity index (χ2v) is 2.63. The van der Waals surface area contributed by atoms with Gasteiger partial charge in [-0.3, -0.25) is 10.4 Å². The Morgan fingerprint density at radius 2 is 2.43 bits per heavy atom. The molecule has 14 heavy (non-hydrogen) atoms. The summed E-state index contributed by atoms with van der Waals surface area (Å²) in [5, 5.41) is 6.63. The van der Waals surface area contributed by atoms with Gasteiger partial charge in [0.05, 0.1) is 0 Å². The molecule has 0 aromatic carbocycles. The fourth-order valence-corrected chi connectivity index (χ4v) is 0.924. The van der Waals surface area contributed by atoms with Gasteiger partial charge in [0.1, 0.15) is 0 Å². The molecule has 1 rings (SSSR count).